The fraction of sp³-hybridized carbons (Fsp3) is 0.458. The van der Waals surface area contributed by atoms with Crippen LogP contribution in [0, 0.1) is 5.82 Å². The van der Waals surface area contributed by atoms with Gasteiger partial charge in [0.2, 0.25) is 10.0 Å². The van der Waals surface area contributed by atoms with Gasteiger partial charge in [-0.3, -0.25) is 9.10 Å². The molecule has 1 unspecified atom stereocenters. The first-order chi connectivity index (χ1) is 15.2. The zero-order valence-corrected chi connectivity index (χ0v) is 19.4. The van der Waals surface area contributed by atoms with Gasteiger partial charge in [-0.25, -0.2) is 12.8 Å². The molecule has 2 aliphatic rings. The lowest BCUT2D eigenvalue weighted by Crippen LogP contribution is -2.42. The van der Waals surface area contributed by atoms with Crippen molar-refractivity contribution in [2.75, 3.05) is 43.8 Å². The van der Waals surface area contributed by atoms with Crippen molar-refractivity contribution in [3.63, 3.8) is 0 Å². The van der Waals surface area contributed by atoms with E-state index in [2.05, 4.69) is 4.90 Å². The summed E-state index contributed by atoms with van der Waals surface area (Å²) in [6.45, 7) is 3.72. The van der Waals surface area contributed by atoms with Crippen molar-refractivity contribution in [2.45, 2.75) is 31.7 Å². The van der Waals surface area contributed by atoms with Crippen molar-refractivity contribution in [3.8, 4) is 11.1 Å². The number of carbonyl (C=O) groups is 1. The van der Waals surface area contributed by atoms with Crippen LogP contribution in [-0.4, -0.2) is 69.6 Å². The van der Waals surface area contributed by atoms with Crippen LogP contribution in [0.1, 0.15) is 36.0 Å². The number of halogens is 1. The third-order valence-electron chi connectivity index (χ3n) is 6.57. The summed E-state index contributed by atoms with van der Waals surface area (Å²) in [6, 6.07) is 11.7. The molecule has 2 aromatic rings. The molecule has 0 spiro atoms. The summed E-state index contributed by atoms with van der Waals surface area (Å²) in [5.74, 6) is -0.766. The second-order valence-corrected chi connectivity index (χ2v) is 10.8. The average molecular weight is 460 g/mol. The standard InChI is InChI=1S/C24H30FN3O3S/c1-26(32(2,30)31)20-10-7-18(8-11-20)19-9-12-22(23(25)16-19)24(29)28-15-5-6-21(28)17-27-13-3-4-14-27/h7-12,16,21H,3-6,13-15,17H2,1-2H3. The van der Waals surface area contributed by atoms with Crippen molar-refractivity contribution in [1.82, 2.24) is 9.80 Å². The number of amides is 1. The highest BCUT2D eigenvalue weighted by Crippen LogP contribution is 2.28. The molecule has 1 amide bonds. The molecule has 2 aromatic carbocycles. The minimum atomic E-state index is -3.35. The summed E-state index contributed by atoms with van der Waals surface area (Å²) in [5, 5.41) is 0. The molecular weight excluding hydrogens is 429 g/mol. The molecule has 6 nitrogen and oxygen atoms in total. The van der Waals surface area contributed by atoms with Gasteiger partial charge in [0.1, 0.15) is 5.82 Å². The Bertz CT molecular complexity index is 1080. The molecule has 32 heavy (non-hydrogen) atoms. The monoisotopic (exact) mass is 459 g/mol. The van der Waals surface area contributed by atoms with Crippen LogP contribution in [0.25, 0.3) is 11.1 Å². The first-order valence-corrected chi connectivity index (χ1v) is 13.0. The third kappa shape index (κ3) is 4.81. The van der Waals surface area contributed by atoms with Gasteiger partial charge in [-0.2, -0.15) is 0 Å². The average Bonchev–Trinajstić information content (AvgIpc) is 3.45. The van der Waals surface area contributed by atoms with Gasteiger partial charge in [0, 0.05) is 26.2 Å². The van der Waals surface area contributed by atoms with E-state index < -0.39 is 15.8 Å². The van der Waals surface area contributed by atoms with Gasteiger partial charge in [-0.15, -0.1) is 0 Å². The van der Waals surface area contributed by atoms with E-state index in [0.717, 1.165) is 44.3 Å². The van der Waals surface area contributed by atoms with Crippen LogP contribution >= 0.6 is 0 Å². The van der Waals surface area contributed by atoms with Crippen LogP contribution in [0.15, 0.2) is 42.5 Å². The molecule has 0 aliphatic carbocycles. The number of nitrogens with zero attached hydrogens (tertiary/aromatic N) is 3. The highest BCUT2D eigenvalue weighted by atomic mass is 32.2. The second-order valence-electron chi connectivity index (χ2n) is 8.77. The molecule has 2 aliphatic heterocycles. The molecule has 0 N–H and O–H groups in total. The Balaban J connectivity index is 1.50. The molecule has 4 rings (SSSR count). The van der Waals surface area contributed by atoms with E-state index in [1.54, 1.807) is 36.4 Å². The highest BCUT2D eigenvalue weighted by molar-refractivity contribution is 7.92. The summed E-state index contributed by atoms with van der Waals surface area (Å²) in [5.41, 5.74) is 2.03. The van der Waals surface area contributed by atoms with Gasteiger partial charge in [-0.05, 0) is 74.2 Å². The van der Waals surface area contributed by atoms with Crippen LogP contribution in [-0.2, 0) is 10.0 Å². The first kappa shape index (κ1) is 22.7. The highest BCUT2D eigenvalue weighted by Gasteiger charge is 2.32. The molecule has 2 fully saturated rings. The molecule has 2 heterocycles. The number of carbonyl (C=O) groups excluding carboxylic acids is 1. The zero-order valence-electron chi connectivity index (χ0n) is 18.6. The Morgan fingerprint density at radius 2 is 1.69 bits per heavy atom. The van der Waals surface area contributed by atoms with Crippen LogP contribution in [0.3, 0.4) is 0 Å². The topological polar surface area (TPSA) is 60.9 Å². The zero-order chi connectivity index (χ0) is 22.9. The minimum Gasteiger partial charge on any atom is -0.334 e. The number of sulfonamides is 1. The quantitative estimate of drug-likeness (QED) is 0.663. The summed E-state index contributed by atoms with van der Waals surface area (Å²) < 4.78 is 39.6. The van der Waals surface area contributed by atoms with E-state index in [1.807, 2.05) is 4.90 Å². The maximum atomic E-state index is 15.0. The van der Waals surface area contributed by atoms with E-state index in [4.69, 9.17) is 0 Å². The largest absolute Gasteiger partial charge is 0.334 e. The maximum absolute atomic E-state index is 15.0. The van der Waals surface area contributed by atoms with Gasteiger partial charge < -0.3 is 9.80 Å². The summed E-state index contributed by atoms with van der Waals surface area (Å²) >= 11 is 0. The van der Waals surface area contributed by atoms with Gasteiger partial charge in [0.15, 0.2) is 0 Å². The Labute approximate surface area is 189 Å². The lowest BCUT2D eigenvalue weighted by atomic mass is 10.0. The van der Waals surface area contributed by atoms with E-state index >= 15 is 0 Å². The number of hydrogen-bond donors (Lipinski definition) is 0. The van der Waals surface area contributed by atoms with Gasteiger partial charge in [-0.1, -0.05) is 18.2 Å². The fourth-order valence-corrected chi connectivity index (χ4v) is 5.14. The number of rotatable bonds is 6. The van der Waals surface area contributed by atoms with E-state index in [-0.39, 0.29) is 17.5 Å². The Morgan fingerprint density at radius 3 is 2.31 bits per heavy atom. The van der Waals surface area contributed by atoms with Crippen LogP contribution in [0.2, 0.25) is 0 Å². The minimum absolute atomic E-state index is 0.107. The van der Waals surface area contributed by atoms with Crippen LogP contribution in [0.5, 0.6) is 0 Å². The Morgan fingerprint density at radius 1 is 1.03 bits per heavy atom. The third-order valence-corrected chi connectivity index (χ3v) is 7.77. The predicted octanol–water partition coefficient (Wildman–Crippen LogP) is 3.59. The molecule has 172 valence electrons. The molecule has 8 heteroatoms. The van der Waals surface area contributed by atoms with Crippen molar-refractivity contribution in [3.05, 3.63) is 53.8 Å². The second kappa shape index (κ2) is 9.19. The Hall–Kier alpha value is -2.45. The lowest BCUT2D eigenvalue weighted by molar-refractivity contribution is 0.0704. The van der Waals surface area contributed by atoms with Gasteiger partial charge in [0.25, 0.3) is 5.91 Å². The Kier molecular flexibility index (Phi) is 6.53. The number of benzene rings is 2. The first-order valence-electron chi connectivity index (χ1n) is 11.1. The molecule has 0 aromatic heterocycles. The maximum Gasteiger partial charge on any atom is 0.257 e. The van der Waals surface area contributed by atoms with Crippen molar-refractivity contribution >= 4 is 21.6 Å². The molecule has 0 bridgehead atoms. The van der Waals surface area contributed by atoms with Crippen molar-refractivity contribution in [1.29, 1.82) is 0 Å². The van der Waals surface area contributed by atoms with Crippen LogP contribution < -0.4 is 4.31 Å². The molecule has 0 radical (unpaired) electrons. The SMILES string of the molecule is CN(c1ccc(-c2ccc(C(=O)N3CCCC3CN3CCCC3)c(F)c2)cc1)S(C)(=O)=O. The summed E-state index contributed by atoms with van der Waals surface area (Å²) in [6.07, 6.45) is 5.49. The molecule has 0 saturated carbocycles. The summed E-state index contributed by atoms with van der Waals surface area (Å²) in [7, 11) is -1.86. The van der Waals surface area contributed by atoms with Crippen molar-refractivity contribution in [2.24, 2.45) is 0 Å². The predicted molar refractivity (Wildman–Crippen MR) is 125 cm³/mol. The molecular formula is C24H30FN3O3S. The van der Waals surface area contributed by atoms with Crippen molar-refractivity contribution < 1.29 is 17.6 Å². The van der Waals surface area contributed by atoms with Gasteiger partial charge >= 0.3 is 0 Å². The number of likely N-dealkylation sites (tertiary alicyclic amines) is 2. The molecule has 2 saturated heterocycles. The number of anilines is 1. The summed E-state index contributed by atoms with van der Waals surface area (Å²) in [4.78, 5) is 17.4. The van der Waals surface area contributed by atoms with Crippen LogP contribution in [0.4, 0.5) is 10.1 Å². The smallest absolute Gasteiger partial charge is 0.257 e. The van der Waals surface area contributed by atoms with E-state index in [9.17, 15) is 17.6 Å². The lowest BCUT2D eigenvalue weighted by Gasteiger charge is -2.28. The normalized spacial score (nSPS) is 19.5. The van der Waals surface area contributed by atoms with E-state index in [0.29, 0.717) is 17.8 Å². The molecule has 1 atom stereocenters. The number of hydrogen-bond acceptors (Lipinski definition) is 4. The fourth-order valence-electron chi connectivity index (χ4n) is 4.63. The van der Waals surface area contributed by atoms with Gasteiger partial charge in [0.05, 0.1) is 17.5 Å². The van der Waals surface area contributed by atoms with E-state index in [1.165, 1.54) is 30.3 Å².